The highest BCUT2D eigenvalue weighted by molar-refractivity contribution is 6.35. The van der Waals surface area contributed by atoms with Crippen molar-refractivity contribution in [2.75, 3.05) is 0 Å². The molecule has 53 heavy (non-hydrogen) atoms. The molecule has 0 aliphatic heterocycles. The Bertz CT molecular complexity index is 3660. The summed E-state index contributed by atoms with van der Waals surface area (Å²) in [5.41, 5.74) is 6.61. The third kappa shape index (κ3) is 3.61. The third-order valence-electron chi connectivity index (χ3n) is 12.1. The Kier molecular flexibility index (Phi) is 5.17. The van der Waals surface area contributed by atoms with E-state index in [2.05, 4.69) is 170 Å². The molecule has 0 spiro atoms. The standard InChI is InChI=1S/C52H28O/c1-2-8-34-27-46-45(25-33(34)7-1)51-44(39-20-17-32-16-15-29-9-5-10-30-18-22-42(39)49(32)48(29)30)26-35(28-47(51)53-46)36-23-24-43-38-13-4-3-12-37(38)40-14-6-11-31-19-21-41(36)52(43)50(31)40/h1-28H. The number of hydrogen-bond donors (Lipinski definition) is 0. The molecule has 242 valence electrons. The lowest BCUT2D eigenvalue weighted by Crippen LogP contribution is -1.91. The molecule has 0 saturated carbocycles. The van der Waals surface area contributed by atoms with Crippen molar-refractivity contribution in [3.05, 3.63) is 170 Å². The van der Waals surface area contributed by atoms with Gasteiger partial charge < -0.3 is 4.42 Å². The number of fused-ring (bicyclic) bond motifs is 7. The average molecular weight is 669 g/mol. The summed E-state index contributed by atoms with van der Waals surface area (Å²) in [5, 5.41) is 22.9. The number of rotatable bonds is 2. The highest BCUT2D eigenvalue weighted by atomic mass is 16.3. The van der Waals surface area contributed by atoms with Crippen molar-refractivity contribution in [2.45, 2.75) is 0 Å². The van der Waals surface area contributed by atoms with Gasteiger partial charge in [-0.25, -0.2) is 0 Å². The Labute approximate surface area is 303 Å². The van der Waals surface area contributed by atoms with Crippen LogP contribution < -0.4 is 0 Å². The first kappa shape index (κ1) is 27.7. The van der Waals surface area contributed by atoms with Gasteiger partial charge in [0.2, 0.25) is 0 Å². The molecule has 0 N–H and O–H groups in total. The molecule has 0 saturated heterocycles. The summed E-state index contributed by atoms with van der Waals surface area (Å²) in [6.45, 7) is 0. The molecule has 1 aromatic heterocycles. The smallest absolute Gasteiger partial charge is 0.136 e. The maximum atomic E-state index is 6.89. The van der Waals surface area contributed by atoms with Crippen molar-refractivity contribution >= 4 is 108 Å². The van der Waals surface area contributed by atoms with Gasteiger partial charge in [-0.05, 0) is 133 Å². The van der Waals surface area contributed by atoms with E-state index in [-0.39, 0.29) is 0 Å². The van der Waals surface area contributed by atoms with Gasteiger partial charge in [0, 0.05) is 10.8 Å². The molecule has 0 atom stereocenters. The first-order valence-electron chi connectivity index (χ1n) is 18.4. The van der Waals surface area contributed by atoms with E-state index in [9.17, 15) is 0 Å². The van der Waals surface area contributed by atoms with Gasteiger partial charge >= 0.3 is 0 Å². The highest BCUT2D eigenvalue weighted by Gasteiger charge is 2.21. The zero-order chi connectivity index (χ0) is 34.4. The fourth-order valence-electron chi connectivity index (χ4n) is 9.81. The number of benzene rings is 12. The highest BCUT2D eigenvalue weighted by Crippen LogP contribution is 2.48. The van der Waals surface area contributed by atoms with Crippen LogP contribution in [0.25, 0.3) is 130 Å². The molecule has 1 nitrogen and oxygen atoms in total. The van der Waals surface area contributed by atoms with Gasteiger partial charge in [0.15, 0.2) is 0 Å². The van der Waals surface area contributed by atoms with Crippen molar-refractivity contribution in [3.63, 3.8) is 0 Å². The van der Waals surface area contributed by atoms with Gasteiger partial charge in [0.1, 0.15) is 11.2 Å². The maximum Gasteiger partial charge on any atom is 0.136 e. The summed E-state index contributed by atoms with van der Waals surface area (Å²) in [5.74, 6) is 0. The zero-order valence-corrected chi connectivity index (χ0v) is 28.6. The molecule has 13 rings (SSSR count). The van der Waals surface area contributed by atoms with Crippen molar-refractivity contribution in [2.24, 2.45) is 0 Å². The molecule has 12 aromatic carbocycles. The summed E-state index contributed by atoms with van der Waals surface area (Å²) in [6, 6.07) is 63.1. The molecular weight excluding hydrogens is 641 g/mol. The van der Waals surface area contributed by atoms with Gasteiger partial charge in [-0.2, -0.15) is 0 Å². The van der Waals surface area contributed by atoms with Gasteiger partial charge in [0.25, 0.3) is 0 Å². The molecule has 0 bridgehead atoms. The SMILES string of the molecule is c1ccc2cc3c(cc2c1)oc1cc(-c2ccc4c5ccccc5c5cccc6ccc2c4c65)cc(-c2ccc4ccc5cccc6ccc2c4c56)c13. The Hall–Kier alpha value is -6.96. The van der Waals surface area contributed by atoms with Gasteiger partial charge in [-0.3, -0.25) is 0 Å². The molecule has 13 aromatic rings. The van der Waals surface area contributed by atoms with Crippen LogP contribution in [0.15, 0.2) is 174 Å². The van der Waals surface area contributed by atoms with E-state index in [1.54, 1.807) is 0 Å². The second kappa shape index (κ2) is 9.88. The summed E-state index contributed by atoms with van der Waals surface area (Å²) < 4.78 is 6.89. The van der Waals surface area contributed by atoms with Crippen molar-refractivity contribution in [1.29, 1.82) is 0 Å². The van der Waals surface area contributed by atoms with E-state index in [0.29, 0.717) is 0 Å². The monoisotopic (exact) mass is 668 g/mol. The van der Waals surface area contributed by atoms with Crippen molar-refractivity contribution in [1.82, 2.24) is 0 Å². The first-order valence-corrected chi connectivity index (χ1v) is 18.4. The van der Waals surface area contributed by atoms with E-state index in [0.717, 1.165) is 27.5 Å². The first-order chi connectivity index (χ1) is 26.3. The molecule has 0 unspecified atom stereocenters. The normalized spacial score (nSPS) is 12.5. The maximum absolute atomic E-state index is 6.89. The molecule has 0 amide bonds. The predicted octanol–water partition coefficient (Wildman–Crippen LogP) is 15.0. The fraction of sp³-hybridized carbons (Fsp3) is 0. The second-order valence-electron chi connectivity index (χ2n) is 14.8. The van der Waals surface area contributed by atoms with E-state index >= 15 is 0 Å². The van der Waals surface area contributed by atoms with Gasteiger partial charge in [0.05, 0.1) is 0 Å². The lowest BCUT2D eigenvalue weighted by Gasteiger charge is -2.18. The Morgan fingerprint density at radius 3 is 1.57 bits per heavy atom. The largest absolute Gasteiger partial charge is 0.456 e. The molecule has 1 heterocycles. The van der Waals surface area contributed by atoms with Crippen molar-refractivity contribution in [3.8, 4) is 22.3 Å². The van der Waals surface area contributed by atoms with Crippen LogP contribution in [-0.2, 0) is 0 Å². The van der Waals surface area contributed by atoms with Crippen LogP contribution in [0.1, 0.15) is 0 Å². The second-order valence-corrected chi connectivity index (χ2v) is 14.8. The Balaban J connectivity index is 1.18. The summed E-state index contributed by atoms with van der Waals surface area (Å²) in [4.78, 5) is 0. The minimum Gasteiger partial charge on any atom is -0.456 e. The lowest BCUT2D eigenvalue weighted by atomic mass is 9.85. The summed E-state index contributed by atoms with van der Waals surface area (Å²) >= 11 is 0. The number of hydrogen-bond acceptors (Lipinski definition) is 1. The van der Waals surface area contributed by atoms with Crippen LogP contribution >= 0.6 is 0 Å². The van der Waals surface area contributed by atoms with Gasteiger partial charge in [-0.15, -0.1) is 0 Å². The van der Waals surface area contributed by atoms with Crippen LogP contribution in [0.2, 0.25) is 0 Å². The number of furan rings is 1. The predicted molar refractivity (Wildman–Crippen MR) is 227 cm³/mol. The topological polar surface area (TPSA) is 13.1 Å². The summed E-state index contributed by atoms with van der Waals surface area (Å²) in [7, 11) is 0. The van der Waals surface area contributed by atoms with E-state index in [1.165, 1.54) is 103 Å². The quantitative estimate of drug-likeness (QED) is 0.132. The van der Waals surface area contributed by atoms with Gasteiger partial charge in [-0.1, -0.05) is 146 Å². The minimum atomic E-state index is 0.907. The molecule has 0 radical (unpaired) electrons. The van der Waals surface area contributed by atoms with Crippen LogP contribution in [0, 0.1) is 0 Å². The fourth-order valence-corrected chi connectivity index (χ4v) is 9.81. The molecule has 0 aliphatic carbocycles. The lowest BCUT2D eigenvalue weighted by molar-refractivity contribution is 0.669. The molecule has 0 fully saturated rings. The molecular formula is C52H28O. The van der Waals surface area contributed by atoms with Crippen LogP contribution in [-0.4, -0.2) is 0 Å². The molecule has 1 heteroatoms. The van der Waals surface area contributed by atoms with E-state index < -0.39 is 0 Å². The van der Waals surface area contributed by atoms with E-state index in [1.807, 2.05) is 0 Å². The summed E-state index contributed by atoms with van der Waals surface area (Å²) in [6.07, 6.45) is 0. The molecule has 0 aliphatic rings. The Morgan fingerprint density at radius 2 is 0.774 bits per heavy atom. The Morgan fingerprint density at radius 1 is 0.245 bits per heavy atom. The van der Waals surface area contributed by atoms with Crippen molar-refractivity contribution < 1.29 is 4.42 Å². The van der Waals surface area contributed by atoms with E-state index in [4.69, 9.17) is 4.42 Å². The van der Waals surface area contributed by atoms with Crippen LogP contribution in [0.5, 0.6) is 0 Å². The van der Waals surface area contributed by atoms with Crippen LogP contribution in [0.4, 0.5) is 0 Å². The zero-order valence-electron chi connectivity index (χ0n) is 28.6. The average Bonchev–Trinajstić information content (AvgIpc) is 3.58. The third-order valence-corrected chi connectivity index (χ3v) is 12.1. The van der Waals surface area contributed by atoms with Crippen LogP contribution in [0.3, 0.4) is 0 Å². The minimum absolute atomic E-state index is 0.907.